The van der Waals surface area contributed by atoms with Gasteiger partial charge in [0.2, 0.25) is 0 Å². The van der Waals surface area contributed by atoms with Gasteiger partial charge in [0, 0.05) is 24.6 Å². The average Bonchev–Trinajstić information content (AvgIpc) is 2.30. The van der Waals surface area contributed by atoms with Gasteiger partial charge in [-0.2, -0.15) is 11.8 Å². The molecule has 2 rings (SSSR count). The number of carbonyl (C=O) groups is 1. The second kappa shape index (κ2) is 4.69. The molecule has 0 saturated carbocycles. The van der Waals surface area contributed by atoms with Gasteiger partial charge in [0.1, 0.15) is 17.2 Å². The topological polar surface area (TPSA) is 53.4 Å². The summed E-state index contributed by atoms with van der Waals surface area (Å²) in [6.07, 6.45) is 1.06. The lowest BCUT2D eigenvalue weighted by Gasteiger charge is -2.28. The van der Waals surface area contributed by atoms with Crippen LogP contribution in [0, 0.1) is 5.82 Å². The van der Waals surface area contributed by atoms with Crippen molar-refractivity contribution >= 4 is 23.5 Å². The van der Waals surface area contributed by atoms with E-state index in [4.69, 9.17) is 5.11 Å². The van der Waals surface area contributed by atoms with Gasteiger partial charge in [0.05, 0.1) is 6.20 Å². The highest BCUT2D eigenvalue weighted by Crippen LogP contribution is 2.22. The zero-order chi connectivity index (χ0) is 11.5. The summed E-state index contributed by atoms with van der Waals surface area (Å²) >= 11 is 1.82. The van der Waals surface area contributed by atoms with E-state index in [0.717, 1.165) is 36.9 Å². The zero-order valence-electron chi connectivity index (χ0n) is 8.52. The predicted octanol–water partition coefficient (Wildman–Crippen LogP) is 1.47. The zero-order valence-corrected chi connectivity index (χ0v) is 9.34. The summed E-state index contributed by atoms with van der Waals surface area (Å²) in [5.41, 5.74) is -0.0631. The van der Waals surface area contributed by atoms with Crippen LogP contribution in [0.4, 0.5) is 10.2 Å². The monoisotopic (exact) mass is 242 g/mol. The Labute approximate surface area is 96.5 Å². The Bertz CT molecular complexity index is 408. The molecule has 1 aliphatic rings. The minimum atomic E-state index is -1.14. The van der Waals surface area contributed by atoms with E-state index < -0.39 is 11.8 Å². The molecule has 1 aromatic rings. The summed E-state index contributed by atoms with van der Waals surface area (Å²) in [4.78, 5) is 16.8. The van der Waals surface area contributed by atoms with Crippen LogP contribution in [-0.4, -0.2) is 40.7 Å². The van der Waals surface area contributed by atoms with E-state index in [1.165, 1.54) is 0 Å². The van der Waals surface area contributed by atoms with Gasteiger partial charge in [-0.15, -0.1) is 0 Å². The maximum atomic E-state index is 12.9. The van der Waals surface area contributed by atoms with Crippen molar-refractivity contribution in [3.8, 4) is 0 Å². The molecule has 0 aliphatic carbocycles. The summed E-state index contributed by atoms with van der Waals surface area (Å²) in [5, 5.41) is 8.98. The highest BCUT2D eigenvalue weighted by atomic mass is 32.2. The van der Waals surface area contributed by atoms with Gasteiger partial charge in [0.25, 0.3) is 0 Å². The Morgan fingerprint density at radius 2 is 2.19 bits per heavy atom. The number of carboxylic acid groups (broad SMARTS) is 1. The molecule has 0 radical (unpaired) electrons. The Morgan fingerprint density at radius 3 is 2.81 bits per heavy atom. The van der Waals surface area contributed by atoms with Crippen molar-refractivity contribution in [2.24, 2.45) is 0 Å². The van der Waals surface area contributed by atoms with E-state index in [0.29, 0.717) is 5.82 Å². The standard InChI is InChI=1S/C10H11FN2O2S/c11-7-5-8(10(14)15)9(12-6-7)13-1-3-16-4-2-13/h5-6H,1-4H2,(H,14,15). The lowest BCUT2D eigenvalue weighted by molar-refractivity contribution is 0.0696. The van der Waals surface area contributed by atoms with E-state index in [-0.39, 0.29) is 5.56 Å². The van der Waals surface area contributed by atoms with Crippen LogP contribution in [0.3, 0.4) is 0 Å². The minimum absolute atomic E-state index is 0.0631. The molecule has 0 amide bonds. The molecule has 0 unspecified atom stereocenters. The van der Waals surface area contributed by atoms with Gasteiger partial charge in [-0.3, -0.25) is 0 Å². The first-order valence-corrected chi connectivity index (χ1v) is 6.05. The van der Waals surface area contributed by atoms with Gasteiger partial charge in [-0.05, 0) is 6.07 Å². The van der Waals surface area contributed by atoms with Crippen molar-refractivity contribution < 1.29 is 14.3 Å². The maximum absolute atomic E-state index is 12.9. The van der Waals surface area contributed by atoms with Crippen molar-refractivity contribution in [1.82, 2.24) is 4.98 Å². The third-order valence-electron chi connectivity index (χ3n) is 2.37. The summed E-state index contributed by atoms with van der Waals surface area (Å²) in [6, 6.07) is 1.02. The first-order valence-electron chi connectivity index (χ1n) is 4.90. The molecule has 0 bridgehead atoms. The van der Waals surface area contributed by atoms with E-state index in [1.807, 2.05) is 16.7 Å². The number of thioether (sulfide) groups is 1. The van der Waals surface area contributed by atoms with Crippen molar-refractivity contribution in [1.29, 1.82) is 0 Å². The highest BCUT2D eigenvalue weighted by Gasteiger charge is 2.20. The SMILES string of the molecule is O=C(O)c1cc(F)cnc1N1CCSCC1. The summed E-state index contributed by atoms with van der Waals surface area (Å²) < 4.78 is 12.9. The molecular weight excluding hydrogens is 231 g/mol. The largest absolute Gasteiger partial charge is 0.478 e. The van der Waals surface area contributed by atoms with Gasteiger partial charge in [-0.25, -0.2) is 14.2 Å². The number of hydrogen-bond donors (Lipinski definition) is 1. The van der Waals surface area contributed by atoms with Crippen molar-refractivity contribution in [3.05, 3.63) is 23.6 Å². The molecule has 1 fully saturated rings. The third kappa shape index (κ3) is 2.27. The lowest BCUT2D eigenvalue weighted by atomic mass is 10.2. The average molecular weight is 242 g/mol. The van der Waals surface area contributed by atoms with Crippen molar-refractivity contribution in [2.45, 2.75) is 0 Å². The van der Waals surface area contributed by atoms with E-state index in [1.54, 1.807) is 0 Å². The third-order valence-corrected chi connectivity index (χ3v) is 3.32. The molecule has 0 aromatic carbocycles. The first-order chi connectivity index (χ1) is 7.68. The number of aromatic carboxylic acids is 1. The molecule has 1 saturated heterocycles. The van der Waals surface area contributed by atoms with Gasteiger partial charge < -0.3 is 10.0 Å². The molecule has 4 nitrogen and oxygen atoms in total. The number of carboxylic acids is 1. The fraction of sp³-hybridized carbons (Fsp3) is 0.400. The van der Waals surface area contributed by atoms with Gasteiger partial charge in [-0.1, -0.05) is 0 Å². The van der Waals surface area contributed by atoms with Crippen molar-refractivity contribution in [2.75, 3.05) is 29.5 Å². The first kappa shape index (κ1) is 11.2. The molecule has 2 heterocycles. The normalized spacial score (nSPS) is 16.2. The highest BCUT2D eigenvalue weighted by molar-refractivity contribution is 7.99. The second-order valence-electron chi connectivity index (χ2n) is 3.43. The number of aromatic nitrogens is 1. The van der Waals surface area contributed by atoms with Crippen LogP contribution in [0.5, 0.6) is 0 Å². The second-order valence-corrected chi connectivity index (χ2v) is 4.65. The molecule has 1 N–H and O–H groups in total. The summed E-state index contributed by atoms with van der Waals surface area (Å²) in [5.74, 6) is 0.498. The van der Waals surface area contributed by atoms with E-state index >= 15 is 0 Å². The van der Waals surface area contributed by atoms with Crippen molar-refractivity contribution in [3.63, 3.8) is 0 Å². The number of pyridine rings is 1. The number of rotatable bonds is 2. The van der Waals surface area contributed by atoms with Crippen LogP contribution >= 0.6 is 11.8 Å². The number of nitrogens with zero attached hydrogens (tertiary/aromatic N) is 2. The molecule has 0 spiro atoms. The predicted molar refractivity (Wildman–Crippen MR) is 60.7 cm³/mol. The lowest BCUT2D eigenvalue weighted by Crippen LogP contribution is -2.34. The molecule has 6 heteroatoms. The molecule has 1 aromatic heterocycles. The molecule has 0 atom stereocenters. The van der Waals surface area contributed by atoms with Gasteiger partial charge in [0.15, 0.2) is 0 Å². The molecule has 86 valence electrons. The van der Waals surface area contributed by atoms with Crippen LogP contribution in [0.15, 0.2) is 12.3 Å². The smallest absolute Gasteiger partial charge is 0.339 e. The fourth-order valence-electron chi connectivity index (χ4n) is 1.62. The van der Waals surface area contributed by atoms with Crippen LogP contribution in [0.2, 0.25) is 0 Å². The van der Waals surface area contributed by atoms with E-state index in [2.05, 4.69) is 4.98 Å². The van der Waals surface area contributed by atoms with Gasteiger partial charge >= 0.3 is 5.97 Å². The number of anilines is 1. The van der Waals surface area contributed by atoms with Crippen LogP contribution in [-0.2, 0) is 0 Å². The molecular formula is C10H11FN2O2S. The fourth-order valence-corrected chi connectivity index (χ4v) is 2.52. The van der Waals surface area contributed by atoms with Crippen LogP contribution in [0.25, 0.3) is 0 Å². The Morgan fingerprint density at radius 1 is 1.50 bits per heavy atom. The maximum Gasteiger partial charge on any atom is 0.339 e. The quantitative estimate of drug-likeness (QED) is 0.851. The molecule has 16 heavy (non-hydrogen) atoms. The minimum Gasteiger partial charge on any atom is -0.478 e. The Balaban J connectivity index is 2.34. The number of hydrogen-bond acceptors (Lipinski definition) is 4. The Hall–Kier alpha value is -1.30. The van der Waals surface area contributed by atoms with Crippen LogP contribution < -0.4 is 4.90 Å². The summed E-state index contributed by atoms with van der Waals surface area (Å²) in [7, 11) is 0. The summed E-state index contributed by atoms with van der Waals surface area (Å²) in [6.45, 7) is 1.51. The van der Waals surface area contributed by atoms with E-state index in [9.17, 15) is 9.18 Å². The number of halogens is 1. The Kier molecular flexibility index (Phi) is 3.28. The van der Waals surface area contributed by atoms with Crippen LogP contribution in [0.1, 0.15) is 10.4 Å². The molecule has 1 aliphatic heterocycles.